The van der Waals surface area contributed by atoms with E-state index in [0.717, 1.165) is 19.3 Å². The first-order valence-corrected chi connectivity index (χ1v) is 9.91. The molecule has 1 rings (SSSR count). The van der Waals surface area contributed by atoms with E-state index in [2.05, 4.69) is 27.6 Å². The van der Waals surface area contributed by atoms with Crippen LogP contribution >= 0.6 is 23.2 Å². The summed E-state index contributed by atoms with van der Waals surface area (Å²) in [5.74, 6) is -1.29. The molecule has 0 saturated carbocycles. The Balaban J connectivity index is 2.49. The Morgan fingerprint density at radius 3 is 2.36 bits per heavy atom. The van der Waals surface area contributed by atoms with Crippen molar-refractivity contribution < 1.29 is 19.2 Å². The van der Waals surface area contributed by atoms with Crippen LogP contribution in [0.4, 0.5) is 10.5 Å². The zero-order valence-electron chi connectivity index (χ0n) is 16.0. The van der Waals surface area contributed by atoms with E-state index in [-0.39, 0.29) is 5.02 Å². The molecule has 0 aromatic heterocycles. The molecule has 0 radical (unpaired) electrons. The molecule has 0 unspecified atom stereocenters. The monoisotopic (exact) mass is 429 g/mol. The first-order valence-electron chi connectivity index (χ1n) is 9.15. The molecule has 154 valence electrons. The zero-order valence-corrected chi connectivity index (χ0v) is 17.5. The summed E-state index contributed by atoms with van der Waals surface area (Å²) in [6.45, 7) is 3.74. The summed E-state index contributed by atoms with van der Waals surface area (Å²) in [7, 11) is 0. The van der Waals surface area contributed by atoms with Crippen LogP contribution in [0.3, 0.4) is 0 Å². The fourth-order valence-electron chi connectivity index (χ4n) is 2.26. The minimum atomic E-state index is -0.971. The van der Waals surface area contributed by atoms with E-state index >= 15 is 0 Å². The van der Waals surface area contributed by atoms with E-state index in [1.807, 2.05) is 0 Å². The van der Waals surface area contributed by atoms with Crippen LogP contribution in [0.1, 0.15) is 52.4 Å². The summed E-state index contributed by atoms with van der Waals surface area (Å²) in [6.07, 6.45) is 5.49. The van der Waals surface area contributed by atoms with Gasteiger partial charge in [-0.2, -0.15) is 0 Å². The molecule has 2 amide bonds. The van der Waals surface area contributed by atoms with Gasteiger partial charge >= 0.3 is 6.09 Å². The highest BCUT2D eigenvalue weighted by Gasteiger charge is 2.18. The second-order valence-electron chi connectivity index (χ2n) is 6.15. The number of nitrogens with zero attached hydrogens (tertiary/aromatic N) is 1. The lowest BCUT2D eigenvalue weighted by Gasteiger charge is -2.07. The van der Waals surface area contributed by atoms with E-state index in [4.69, 9.17) is 23.2 Å². The molecule has 9 heteroatoms. The van der Waals surface area contributed by atoms with Crippen LogP contribution in [-0.4, -0.2) is 30.0 Å². The Bertz CT molecular complexity index is 723. The Kier molecular flexibility index (Phi) is 11.2. The van der Waals surface area contributed by atoms with Gasteiger partial charge in [0.1, 0.15) is 0 Å². The number of carbonyl (C=O) groups is 3. The summed E-state index contributed by atoms with van der Waals surface area (Å²) >= 11 is 11.6. The first-order chi connectivity index (χ1) is 13.3. The summed E-state index contributed by atoms with van der Waals surface area (Å²) in [4.78, 5) is 40.1. The first kappa shape index (κ1) is 23.9. The maximum atomic E-state index is 12.1. The smallest absolute Gasteiger partial charge is 0.350 e. The minimum absolute atomic E-state index is 0.251. The lowest BCUT2D eigenvalue weighted by atomic mass is 10.1. The van der Waals surface area contributed by atoms with Crippen molar-refractivity contribution >= 4 is 52.4 Å². The standard InChI is InChI=1S/C19H25Cl2N3O4/c1-3-4-5-6-7-8-11-22-18(26)17(13(2)25)24-28-19(27)23-14-9-10-15(20)16(21)12-14/h9-10,12H,3-8,11H2,1-2H3,(H,22,26)(H,23,27). The van der Waals surface area contributed by atoms with E-state index < -0.39 is 23.5 Å². The lowest BCUT2D eigenvalue weighted by Crippen LogP contribution is -2.36. The molecule has 0 fully saturated rings. The van der Waals surface area contributed by atoms with Crippen LogP contribution < -0.4 is 10.6 Å². The van der Waals surface area contributed by atoms with Crippen LogP contribution in [0.15, 0.2) is 23.4 Å². The minimum Gasteiger partial charge on any atom is -0.350 e. The predicted molar refractivity (Wildman–Crippen MR) is 111 cm³/mol. The normalized spacial score (nSPS) is 11.1. The molecule has 1 aromatic rings. The van der Waals surface area contributed by atoms with Crippen molar-refractivity contribution in [3.8, 4) is 0 Å². The molecule has 28 heavy (non-hydrogen) atoms. The molecule has 7 nitrogen and oxygen atoms in total. The molecule has 1 aromatic carbocycles. The summed E-state index contributed by atoms with van der Waals surface area (Å²) < 4.78 is 0. The molecule has 0 spiro atoms. The van der Waals surface area contributed by atoms with Gasteiger partial charge in [0, 0.05) is 19.2 Å². The van der Waals surface area contributed by atoms with Crippen molar-refractivity contribution in [3.63, 3.8) is 0 Å². The van der Waals surface area contributed by atoms with Gasteiger partial charge in [-0.1, -0.05) is 67.4 Å². The fraction of sp³-hybridized carbons (Fsp3) is 0.474. The number of benzene rings is 1. The number of unbranched alkanes of at least 4 members (excludes halogenated alkanes) is 5. The number of nitrogens with one attached hydrogen (secondary N) is 2. The second kappa shape index (κ2) is 13.1. The Morgan fingerprint density at radius 1 is 1.04 bits per heavy atom. The number of hydrogen-bond acceptors (Lipinski definition) is 5. The van der Waals surface area contributed by atoms with Crippen LogP contribution in [0.2, 0.25) is 10.0 Å². The van der Waals surface area contributed by atoms with Crippen LogP contribution in [0.25, 0.3) is 0 Å². The van der Waals surface area contributed by atoms with E-state index in [0.29, 0.717) is 17.3 Å². The Labute approximate surface area is 174 Å². The molecular weight excluding hydrogens is 405 g/mol. The fourth-order valence-corrected chi connectivity index (χ4v) is 2.56. The second-order valence-corrected chi connectivity index (χ2v) is 6.97. The quantitative estimate of drug-likeness (QED) is 0.170. The van der Waals surface area contributed by atoms with Crippen LogP contribution in [0.5, 0.6) is 0 Å². The van der Waals surface area contributed by atoms with E-state index in [1.165, 1.54) is 44.4 Å². The van der Waals surface area contributed by atoms with Gasteiger partial charge in [-0.15, -0.1) is 0 Å². The van der Waals surface area contributed by atoms with Crippen molar-refractivity contribution in [2.45, 2.75) is 52.4 Å². The number of hydrogen-bond donors (Lipinski definition) is 2. The number of carbonyl (C=O) groups excluding carboxylic acids is 3. The topological polar surface area (TPSA) is 96.9 Å². The van der Waals surface area contributed by atoms with Crippen molar-refractivity contribution in [1.82, 2.24) is 5.32 Å². The number of anilines is 1. The highest BCUT2D eigenvalue weighted by molar-refractivity contribution is 6.65. The summed E-state index contributed by atoms with van der Waals surface area (Å²) in [6, 6.07) is 4.44. The van der Waals surface area contributed by atoms with Gasteiger partial charge in [-0.25, -0.2) is 4.79 Å². The van der Waals surface area contributed by atoms with Gasteiger partial charge in [0.15, 0.2) is 5.78 Å². The van der Waals surface area contributed by atoms with Gasteiger partial charge in [0.05, 0.1) is 10.0 Å². The third-order valence-corrected chi connectivity index (χ3v) is 4.49. The van der Waals surface area contributed by atoms with Crippen molar-refractivity contribution in [3.05, 3.63) is 28.2 Å². The molecule has 0 aliphatic rings. The molecule has 0 bridgehead atoms. The molecule has 0 heterocycles. The number of rotatable bonds is 11. The largest absolute Gasteiger partial charge is 0.437 e. The van der Waals surface area contributed by atoms with Gasteiger partial charge in [-0.05, 0) is 24.6 Å². The molecule has 0 aliphatic heterocycles. The molecule has 0 saturated heterocycles. The molecule has 0 atom stereocenters. The van der Waals surface area contributed by atoms with Crippen LogP contribution in [-0.2, 0) is 14.4 Å². The number of halogens is 2. The SMILES string of the molecule is CCCCCCCCNC(=O)C(=NOC(=O)Nc1ccc(Cl)c(Cl)c1)C(C)=O. The highest BCUT2D eigenvalue weighted by atomic mass is 35.5. The van der Waals surface area contributed by atoms with Gasteiger partial charge in [0.2, 0.25) is 5.71 Å². The summed E-state index contributed by atoms with van der Waals surface area (Å²) in [5.41, 5.74) is -0.151. The van der Waals surface area contributed by atoms with Crippen molar-refractivity contribution in [2.24, 2.45) is 5.16 Å². The van der Waals surface area contributed by atoms with Crippen molar-refractivity contribution in [2.75, 3.05) is 11.9 Å². The zero-order chi connectivity index (χ0) is 20.9. The van der Waals surface area contributed by atoms with Gasteiger partial charge in [0.25, 0.3) is 5.91 Å². The third kappa shape index (κ3) is 9.19. The number of oxime groups is 1. The summed E-state index contributed by atoms with van der Waals surface area (Å²) in [5, 5.41) is 8.94. The number of ketones is 1. The highest BCUT2D eigenvalue weighted by Crippen LogP contribution is 2.25. The molecule has 2 N–H and O–H groups in total. The Hall–Kier alpha value is -2.12. The van der Waals surface area contributed by atoms with Crippen molar-refractivity contribution in [1.29, 1.82) is 0 Å². The Morgan fingerprint density at radius 2 is 1.71 bits per heavy atom. The van der Waals surface area contributed by atoms with Crippen LogP contribution in [0, 0.1) is 0 Å². The average Bonchev–Trinajstić information content (AvgIpc) is 2.64. The van der Waals surface area contributed by atoms with E-state index in [1.54, 1.807) is 0 Å². The van der Waals surface area contributed by atoms with Gasteiger partial charge < -0.3 is 5.32 Å². The lowest BCUT2D eigenvalue weighted by molar-refractivity contribution is -0.117. The maximum absolute atomic E-state index is 12.1. The van der Waals surface area contributed by atoms with E-state index in [9.17, 15) is 14.4 Å². The third-order valence-electron chi connectivity index (χ3n) is 3.75. The predicted octanol–water partition coefficient (Wildman–Crippen LogP) is 4.96. The number of amides is 2. The van der Waals surface area contributed by atoms with Gasteiger partial charge in [-0.3, -0.25) is 19.7 Å². The molecule has 0 aliphatic carbocycles. The molecular formula is C19H25Cl2N3O4. The average molecular weight is 430 g/mol. The maximum Gasteiger partial charge on any atom is 0.437 e. The number of Topliss-reactive ketones (excluding diaryl/α,β-unsaturated/α-hetero) is 1.